The Labute approximate surface area is 116 Å². The molecule has 0 saturated carbocycles. The number of halogens is 2. The van der Waals surface area contributed by atoms with Crippen molar-refractivity contribution < 1.29 is 13.6 Å². The number of carbonyl (C=O) groups is 1. The Kier molecular flexibility index (Phi) is 4.51. The molecule has 0 aliphatic carbocycles. The molecule has 1 amide bonds. The Bertz CT molecular complexity index is 478. The summed E-state index contributed by atoms with van der Waals surface area (Å²) in [4.78, 5) is 14.1. The van der Waals surface area contributed by atoms with E-state index < -0.39 is 17.5 Å². The Balaban J connectivity index is 2.06. The van der Waals surface area contributed by atoms with E-state index in [1.54, 1.807) is 5.01 Å². The van der Waals surface area contributed by atoms with Gasteiger partial charge in [0.15, 0.2) is 0 Å². The highest BCUT2D eigenvalue weighted by Gasteiger charge is 2.19. The fourth-order valence-electron chi connectivity index (χ4n) is 2.07. The number of hydrazine groups is 1. The van der Waals surface area contributed by atoms with E-state index in [4.69, 9.17) is 0 Å². The molecule has 110 valence electrons. The summed E-state index contributed by atoms with van der Waals surface area (Å²) in [6, 6.07) is 2.06. The first-order valence-corrected chi connectivity index (χ1v) is 6.42. The summed E-state index contributed by atoms with van der Waals surface area (Å²) in [7, 11) is 3.42. The SMILES string of the molecule is CNc1c(F)cc(C(=O)NN2CCN(C)CC2)cc1F. The van der Waals surface area contributed by atoms with Crippen LogP contribution in [0.4, 0.5) is 14.5 Å². The molecule has 0 radical (unpaired) electrons. The second-order valence-electron chi connectivity index (χ2n) is 4.80. The Morgan fingerprint density at radius 2 is 1.70 bits per heavy atom. The first kappa shape index (κ1) is 14.7. The number of benzene rings is 1. The summed E-state index contributed by atoms with van der Waals surface area (Å²) in [5.41, 5.74) is 2.40. The van der Waals surface area contributed by atoms with Gasteiger partial charge in [-0.2, -0.15) is 0 Å². The van der Waals surface area contributed by atoms with E-state index in [0.29, 0.717) is 13.1 Å². The fourth-order valence-corrected chi connectivity index (χ4v) is 2.07. The molecule has 0 aromatic heterocycles. The van der Waals surface area contributed by atoms with Crippen molar-refractivity contribution in [2.24, 2.45) is 0 Å². The Hall–Kier alpha value is -1.73. The fraction of sp³-hybridized carbons (Fsp3) is 0.462. The number of likely N-dealkylation sites (N-methyl/N-ethyl adjacent to an activating group) is 1. The van der Waals surface area contributed by atoms with Crippen LogP contribution >= 0.6 is 0 Å². The molecule has 1 aliphatic rings. The molecule has 0 spiro atoms. The number of amides is 1. The molecule has 1 fully saturated rings. The summed E-state index contributed by atoms with van der Waals surface area (Å²) >= 11 is 0. The van der Waals surface area contributed by atoms with Crippen LogP contribution in [0.3, 0.4) is 0 Å². The lowest BCUT2D eigenvalue weighted by atomic mass is 10.1. The summed E-state index contributed by atoms with van der Waals surface area (Å²) in [6.07, 6.45) is 0. The first-order valence-electron chi connectivity index (χ1n) is 6.42. The van der Waals surface area contributed by atoms with E-state index in [-0.39, 0.29) is 11.3 Å². The zero-order valence-corrected chi connectivity index (χ0v) is 11.5. The smallest absolute Gasteiger partial charge is 0.265 e. The van der Waals surface area contributed by atoms with Gasteiger partial charge in [0.2, 0.25) is 0 Å². The van der Waals surface area contributed by atoms with Gasteiger partial charge in [-0.3, -0.25) is 10.2 Å². The predicted molar refractivity (Wildman–Crippen MR) is 72.4 cm³/mol. The van der Waals surface area contributed by atoms with E-state index in [9.17, 15) is 13.6 Å². The largest absolute Gasteiger partial charge is 0.383 e. The molecule has 1 aliphatic heterocycles. The number of rotatable bonds is 3. The summed E-state index contributed by atoms with van der Waals surface area (Å²) in [6.45, 7) is 3.03. The van der Waals surface area contributed by atoms with Crippen LogP contribution in [0.15, 0.2) is 12.1 Å². The number of carbonyl (C=O) groups excluding carboxylic acids is 1. The standard InChI is InChI=1S/C13H18F2N4O/c1-16-12-10(14)7-9(8-11(12)15)13(20)17-19-5-3-18(2)4-6-19/h7-8,16H,3-6H2,1-2H3,(H,17,20). The maximum absolute atomic E-state index is 13.6. The zero-order chi connectivity index (χ0) is 14.7. The second-order valence-corrected chi connectivity index (χ2v) is 4.80. The average Bonchev–Trinajstić information content (AvgIpc) is 2.41. The Morgan fingerprint density at radius 1 is 1.15 bits per heavy atom. The number of piperazine rings is 1. The van der Waals surface area contributed by atoms with Gasteiger partial charge in [-0.1, -0.05) is 0 Å². The second kappa shape index (κ2) is 6.15. The van der Waals surface area contributed by atoms with Gasteiger partial charge in [-0.15, -0.1) is 0 Å². The highest BCUT2D eigenvalue weighted by molar-refractivity contribution is 5.94. The third-order valence-corrected chi connectivity index (χ3v) is 3.32. The van der Waals surface area contributed by atoms with Gasteiger partial charge in [-0.05, 0) is 19.2 Å². The van der Waals surface area contributed by atoms with Crippen molar-refractivity contribution in [3.8, 4) is 0 Å². The molecule has 0 atom stereocenters. The van der Waals surface area contributed by atoms with Crippen LogP contribution in [-0.2, 0) is 0 Å². The van der Waals surface area contributed by atoms with Crippen molar-refractivity contribution in [1.82, 2.24) is 15.3 Å². The topological polar surface area (TPSA) is 47.6 Å². The van der Waals surface area contributed by atoms with Crippen LogP contribution < -0.4 is 10.7 Å². The molecular weight excluding hydrogens is 266 g/mol. The van der Waals surface area contributed by atoms with Gasteiger partial charge < -0.3 is 10.2 Å². The van der Waals surface area contributed by atoms with Crippen molar-refractivity contribution in [3.05, 3.63) is 29.3 Å². The lowest BCUT2D eigenvalue weighted by molar-refractivity contribution is 0.0661. The molecule has 7 heteroatoms. The molecular formula is C13H18F2N4O. The molecule has 1 aromatic carbocycles. The van der Waals surface area contributed by atoms with E-state index >= 15 is 0 Å². The quantitative estimate of drug-likeness (QED) is 0.866. The number of anilines is 1. The van der Waals surface area contributed by atoms with Gasteiger partial charge in [0, 0.05) is 38.8 Å². The van der Waals surface area contributed by atoms with Crippen molar-refractivity contribution in [2.75, 3.05) is 45.6 Å². The highest BCUT2D eigenvalue weighted by atomic mass is 19.1. The first-order chi connectivity index (χ1) is 9.51. The zero-order valence-electron chi connectivity index (χ0n) is 11.5. The molecule has 0 bridgehead atoms. The average molecular weight is 284 g/mol. The van der Waals surface area contributed by atoms with Crippen LogP contribution in [-0.4, -0.2) is 56.1 Å². The number of nitrogens with zero attached hydrogens (tertiary/aromatic N) is 2. The monoisotopic (exact) mass is 284 g/mol. The highest BCUT2D eigenvalue weighted by Crippen LogP contribution is 2.20. The minimum Gasteiger partial charge on any atom is -0.383 e. The van der Waals surface area contributed by atoms with E-state index in [1.807, 2.05) is 7.05 Å². The minimum absolute atomic E-state index is 0.0297. The van der Waals surface area contributed by atoms with Gasteiger partial charge in [0.25, 0.3) is 5.91 Å². The van der Waals surface area contributed by atoms with Crippen LogP contribution in [0.5, 0.6) is 0 Å². The van der Waals surface area contributed by atoms with Gasteiger partial charge in [-0.25, -0.2) is 13.8 Å². The third-order valence-electron chi connectivity index (χ3n) is 3.32. The molecule has 20 heavy (non-hydrogen) atoms. The Morgan fingerprint density at radius 3 is 2.20 bits per heavy atom. The number of nitrogens with one attached hydrogen (secondary N) is 2. The molecule has 0 unspecified atom stereocenters. The summed E-state index contributed by atoms with van der Waals surface area (Å²) in [5, 5.41) is 4.17. The number of hydrogen-bond donors (Lipinski definition) is 2. The van der Waals surface area contributed by atoms with Crippen molar-refractivity contribution in [2.45, 2.75) is 0 Å². The molecule has 2 rings (SSSR count). The maximum Gasteiger partial charge on any atom is 0.265 e. The third kappa shape index (κ3) is 3.23. The molecule has 1 heterocycles. The molecule has 2 N–H and O–H groups in total. The van der Waals surface area contributed by atoms with Crippen molar-refractivity contribution in [3.63, 3.8) is 0 Å². The van der Waals surface area contributed by atoms with E-state index in [0.717, 1.165) is 25.2 Å². The van der Waals surface area contributed by atoms with Crippen LogP contribution in [0.1, 0.15) is 10.4 Å². The summed E-state index contributed by atoms with van der Waals surface area (Å²) < 4.78 is 27.2. The lowest BCUT2D eigenvalue weighted by Gasteiger charge is -2.32. The van der Waals surface area contributed by atoms with Gasteiger partial charge in [0.05, 0.1) is 0 Å². The molecule has 5 nitrogen and oxygen atoms in total. The van der Waals surface area contributed by atoms with E-state index in [1.165, 1.54) is 7.05 Å². The minimum atomic E-state index is -0.781. The van der Waals surface area contributed by atoms with Crippen LogP contribution in [0.25, 0.3) is 0 Å². The lowest BCUT2D eigenvalue weighted by Crippen LogP contribution is -2.52. The normalized spacial score (nSPS) is 17.0. The van der Waals surface area contributed by atoms with Gasteiger partial charge >= 0.3 is 0 Å². The predicted octanol–water partition coefficient (Wildman–Crippen LogP) is 0.899. The molecule has 1 saturated heterocycles. The van der Waals surface area contributed by atoms with Crippen molar-refractivity contribution >= 4 is 11.6 Å². The number of hydrogen-bond acceptors (Lipinski definition) is 4. The molecule has 1 aromatic rings. The van der Waals surface area contributed by atoms with E-state index in [2.05, 4.69) is 15.6 Å². The van der Waals surface area contributed by atoms with Crippen LogP contribution in [0.2, 0.25) is 0 Å². The maximum atomic E-state index is 13.6. The van der Waals surface area contributed by atoms with Gasteiger partial charge in [0.1, 0.15) is 17.3 Å². The summed E-state index contributed by atoms with van der Waals surface area (Å²) in [5.74, 6) is -2.07. The van der Waals surface area contributed by atoms with Crippen LogP contribution in [0, 0.1) is 11.6 Å². The van der Waals surface area contributed by atoms with Crippen molar-refractivity contribution in [1.29, 1.82) is 0 Å².